The van der Waals surface area contributed by atoms with Gasteiger partial charge in [0.05, 0.1) is 17.3 Å². The van der Waals surface area contributed by atoms with Crippen molar-refractivity contribution in [2.45, 2.75) is 13.0 Å². The molecule has 0 amide bonds. The van der Waals surface area contributed by atoms with Crippen LogP contribution in [-0.4, -0.2) is 34.6 Å². The van der Waals surface area contributed by atoms with Gasteiger partial charge in [0.1, 0.15) is 11.6 Å². The first-order valence-electron chi connectivity index (χ1n) is 10.3. The molecule has 0 N–H and O–H groups in total. The van der Waals surface area contributed by atoms with Crippen molar-refractivity contribution in [3.63, 3.8) is 0 Å². The van der Waals surface area contributed by atoms with Crippen LogP contribution >= 0.6 is 11.6 Å². The second kappa shape index (κ2) is 8.13. The Morgan fingerprint density at radius 3 is 2.77 bits per heavy atom. The third-order valence-corrected chi connectivity index (χ3v) is 6.03. The molecule has 3 heterocycles. The Balaban J connectivity index is 1.54. The topological polar surface area (TPSA) is 34.2 Å². The fourth-order valence-corrected chi connectivity index (χ4v) is 4.28. The summed E-state index contributed by atoms with van der Waals surface area (Å²) in [6, 6.07) is 18.2. The summed E-state index contributed by atoms with van der Waals surface area (Å²) in [5.41, 5.74) is 4.32. The molecule has 1 atom stereocenters. The van der Waals surface area contributed by atoms with Crippen LogP contribution in [0.5, 0.6) is 0 Å². The fraction of sp³-hybridized carbons (Fsp3) is 0.240. The SMILES string of the molecule is CN1CCC(/C=C/c2nc3cc(-c4ccco4)ccc3n2Cc2ccc(Cl)cc2)C1. The lowest BCUT2D eigenvalue weighted by Crippen LogP contribution is -2.13. The molecule has 0 saturated carbocycles. The zero-order valence-corrected chi connectivity index (χ0v) is 17.7. The summed E-state index contributed by atoms with van der Waals surface area (Å²) in [6.45, 7) is 3.01. The van der Waals surface area contributed by atoms with Gasteiger partial charge in [-0.15, -0.1) is 0 Å². The third-order valence-electron chi connectivity index (χ3n) is 5.78. The second-order valence-corrected chi connectivity index (χ2v) is 8.47. The number of imidazole rings is 1. The molecule has 2 aromatic heterocycles. The number of hydrogen-bond acceptors (Lipinski definition) is 3. The lowest BCUT2D eigenvalue weighted by Gasteiger charge is -2.09. The molecule has 1 saturated heterocycles. The maximum Gasteiger partial charge on any atom is 0.133 e. The summed E-state index contributed by atoms with van der Waals surface area (Å²) in [4.78, 5) is 7.35. The quantitative estimate of drug-likeness (QED) is 0.401. The lowest BCUT2D eigenvalue weighted by molar-refractivity contribution is 0.408. The number of hydrogen-bond donors (Lipinski definition) is 0. The van der Waals surface area contributed by atoms with Crippen LogP contribution in [0.1, 0.15) is 17.8 Å². The molecular formula is C25H24ClN3O. The molecule has 0 bridgehead atoms. The molecule has 4 nitrogen and oxygen atoms in total. The van der Waals surface area contributed by atoms with Crippen molar-refractivity contribution < 1.29 is 4.42 Å². The normalized spacial score (nSPS) is 17.5. The number of rotatable bonds is 5. The molecule has 0 aliphatic carbocycles. The van der Waals surface area contributed by atoms with Crippen LogP contribution in [0.15, 0.2) is 71.4 Å². The summed E-state index contributed by atoms with van der Waals surface area (Å²) in [6.07, 6.45) is 7.40. The molecule has 1 fully saturated rings. The zero-order chi connectivity index (χ0) is 20.5. The molecule has 4 aromatic rings. The Kier molecular flexibility index (Phi) is 5.19. The fourth-order valence-electron chi connectivity index (χ4n) is 4.16. The van der Waals surface area contributed by atoms with E-state index in [4.69, 9.17) is 21.0 Å². The van der Waals surface area contributed by atoms with Crippen LogP contribution in [0.25, 0.3) is 28.4 Å². The van der Waals surface area contributed by atoms with Gasteiger partial charge >= 0.3 is 0 Å². The summed E-state index contributed by atoms with van der Waals surface area (Å²) in [5, 5.41) is 0.753. The number of likely N-dealkylation sites (tertiary alicyclic amines) is 1. The molecule has 0 radical (unpaired) electrons. The number of fused-ring (bicyclic) bond motifs is 1. The van der Waals surface area contributed by atoms with E-state index in [1.54, 1.807) is 6.26 Å². The van der Waals surface area contributed by atoms with Gasteiger partial charge in [0, 0.05) is 23.7 Å². The van der Waals surface area contributed by atoms with Gasteiger partial charge in [0.2, 0.25) is 0 Å². The Labute approximate surface area is 181 Å². The smallest absolute Gasteiger partial charge is 0.133 e. The molecular weight excluding hydrogens is 394 g/mol. The van der Waals surface area contributed by atoms with Crippen LogP contribution in [0.2, 0.25) is 5.02 Å². The van der Waals surface area contributed by atoms with Crippen molar-refractivity contribution in [1.82, 2.24) is 14.5 Å². The molecule has 5 heteroatoms. The van der Waals surface area contributed by atoms with Crippen LogP contribution < -0.4 is 0 Å². The van der Waals surface area contributed by atoms with Gasteiger partial charge in [-0.05, 0) is 80.0 Å². The van der Waals surface area contributed by atoms with Crippen molar-refractivity contribution in [2.75, 3.05) is 20.1 Å². The summed E-state index contributed by atoms with van der Waals surface area (Å²) in [7, 11) is 2.18. The van der Waals surface area contributed by atoms with Crippen molar-refractivity contribution >= 4 is 28.7 Å². The van der Waals surface area contributed by atoms with Crippen molar-refractivity contribution in [2.24, 2.45) is 5.92 Å². The summed E-state index contributed by atoms with van der Waals surface area (Å²) >= 11 is 6.08. The third kappa shape index (κ3) is 3.93. The van der Waals surface area contributed by atoms with Crippen LogP contribution in [-0.2, 0) is 6.54 Å². The Morgan fingerprint density at radius 1 is 1.17 bits per heavy atom. The van der Waals surface area contributed by atoms with Gasteiger partial charge in [-0.2, -0.15) is 0 Å². The number of aromatic nitrogens is 2. The largest absolute Gasteiger partial charge is 0.464 e. The first-order chi connectivity index (χ1) is 14.7. The lowest BCUT2D eigenvalue weighted by atomic mass is 10.1. The van der Waals surface area contributed by atoms with E-state index in [9.17, 15) is 0 Å². The van der Waals surface area contributed by atoms with Gasteiger partial charge < -0.3 is 13.9 Å². The average molecular weight is 418 g/mol. The molecule has 1 aliphatic rings. The van der Waals surface area contributed by atoms with Crippen molar-refractivity contribution in [1.29, 1.82) is 0 Å². The average Bonchev–Trinajstić information content (AvgIpc) is 3.49. The van der Waals surface area contributed by atoms with Gasteiger partial charge in [0.15, 0.2) is 0 Å². The molecule has 2 aromatic carbocycles. The highest BCUT2D eigenvalue weighted by Gasteiger charge is 2.17. The van der Waals surface area contributed by atoms with Crippen LogP contribution in [0.4, 0.5) is 0 Å². The van der Waals surface area contributed by atoms with E-state index in [1.165, 1.54) is 12.0 Å². The minimum absolute atomic E-state index is 0.581. The second-order valence-electron chi connectivity index (χ2n) is 8.03. The highest BCUT2D eigenvalue weighted by Crippen LogP contribution is 2.27. The summed E-state index contributed by atoms with van der Waals surface area (Å²) < 4.78 is 7.85. The van der Waals surface area contributed by atoms with E-state index in [0.717, 1.165) is 52.8 Å². The van der Waals surface area contributed by atoms with E-state index in [1.807, 2.05) is 24.3 Å². The Morgan fingerprint density at radius 2 is 2.03 bits per heavy atom. The molecule has 1 unspecified atom stereocenters. The number of halogens is 1. The molecule has 1 aliphatic heterocycles. The van der Waals surface area contributed by atoms with Gasteiger partial charge in [-0.1, -0.05) is 29.8 Å². The monoisotopic (exact) mass is 417 g/mol. The minimum atomic E-state index is 0.581. The minimum Gasteiger partial charge on any atom is -0.464 e. The molecule has 152 valence electrons. The number of furan rings is 1. The van der Waals surface area contributed by atoms with Gasteiger partial charge in [-0.25, -0.2) is 4.98 Å². The predicted octanol–water partition coefficient (Wildman–Crippen LogP) is 5.96. The van der Waals surface area contributed by atoms with E-state index in [0.29, 0.717) is 5.92 Å². The van der Waals surface area contributed by atoms with Crippen molar-refractivity contribution in [3.8, 4) is 11.3 Å². The predicted molar refractivity (Wildman–Crippen MR) is 123 cm³/mol. The first kappa shape index (κ1) is 19.2. The maximum absolute atomic E-state index is 6.08. The maximum atomic E-state index is 6.08. The first-order valence-corrected chi connectivity index (χ1v) is 10.7. The van der Waals surface area contributed by atoms with Crippen LogP contribution in [0, 0.1) is 5.92 Å². The summed E-state index contributed by atoms with van der Waals surface area (Å²) in [5.74, 6) is 2.42. The zero-order valence-electron chi connectivity index (χ0n) is 17.0. The van der Waals surface area contributed by atoms with Gasteiger partial charge in [-0.3, -0.25) is 0 Å². The number of nitrogens with zero attached hydrogens (tertiary/aromatic N) is 3. The standard InChI is InChI=1S/C25H24ClN3O/c1-28-13-12-19(16-28)6-11-25-27-22-15-20(24-3-2-14-30-24)7-10-23(22)29(25)17-18-4-8-21(26)9-5-18/h2-11,14-15,19H,12-13,16-17H2,1H3/b11-6+. The van der Waals surface area contributed by atoms with Crippen molar-refractivity contribution in [3.05, 3.63) is 83.3 Å². The number of benzene rings is 2. The highest BCUT2D eigenvalue weighted by molar-refractivity contribution is 6.30. The van der Waals surface area contributed by atoms with Crippen LogP contribution in [0.3, 0.4) is 0 Å². The van der Waals surface area contributed by atoms with E-state index >= 15 is 0 Å². The highest BCUT2D eigenvalue weighted by atomic mass is 35.5. The van der Waals surface area contributed by atoms with E-state index in [-0.39, 0.29) is 0 Å². The Hall–Kier alpha value is -2.82. The van der Waals surface area contributed by atoms with Gasteiger partial charge in [0.25, 0.3) is 0 Å². The Bertz CT molecular complexity index is 1180. The van der Waals surface area contributed by atoms with E-state index in [2.05, 4.69) is 59.0 Å². The molecule has 0 spiro atoms. The molecule has 30 heavy (non-hydrogen) atoms. The molecule has 5 rings (SSSR count). The van der Waals surface area contributed by atoms with E-state index < -0.39 is 0 Å².